The Morgan fingerprint density at radius 2 is 1.53 bits per heavy atom. The Bertz CT molecular complexity index is 843. The van der Waals surface area contributed by atoms with Crippen molar-refractivity contribution < 1.29 is 18.9 Å². The summed E-state index contributed by atoms with van der Waals surface area (Å²) >= 11 is 0. The Balaban J connectivity index is 2.06. The number of benzene rings is 1. The summed E-state index contributed by atoms with van der Waals surface area (Å²) in [5.74, 6) is 3.94. The van der Waals surface area contributed by atoms with Gasteiger partial charge in [0, 0.05) is 25.3 Å². The lowest BCUT2D eigenvalue weighted by Crippen LogP contribution is -2.26. The first-order valence-corrected chi connectivity index (χ1v) is 13.9. The highest BCUT2D eigenvalue weighted by Crippen LogP contribution is 2.41. The summed E-state index contributed by atoms with van der Waals surface area (Å²) in [4.78, 5) is 0. The standard InChI is InChI=1S/C32H52O4/c1-11-13-26(20-23(3)12-2)25-14-16-27(17-15-25)35-18-19-36-30-28(31(5,6)33-9)21-24(4)22-29(30)32(7,8)34-10/h14,16-17,21-23,25-26H,11-13,15,18-20H2,1-10H3. The van der Waals surface area contributed by atoms with E-state index in [9.17, 15) is 0 Å². The number of hydrogen-bond donors (Lipinski definition) is 0. The fourth-order valence-corrected chi connectivity index (χ4v) is 4.98. The van der Waals surface area contributed by atoms with E-state index >= 15 is 0 Å². The van der Waals surface area contributed by atoms with E-state index in [0.29, 0.717) is 19.1 Å². The van der Waals surface area contributed by atoms with Crippen LogP contribution in [-0.4, -0.2) is 27.4 Å². The molecule has 0 spiro atoms. The van der Waals surface area contributed by atoms with Crippen molar-refractivity contribution >= 4 is 0 Å². The Labute approximate surface area is 221 Å². The van der Waals surface area contributed by atoms with Crippen molar-refractivity contribution in [3.05, 3.63) is 52.8 Å². The molecule has 0 aliphatic heterocycles. The molecule has 36 heavy (non-hydrogen) atoms. The molecule has 1 aliphatic rings. The van der Waals surface area contributed by atoms with Crippen LogP contribution < -0.4 is 4.74 Å². The zero-order valence-electron chi connectivity index (χ0n) is 24.7. The van der Waals surface area contributed by atoms with Crippen LogP contribution in [0.4, 0.5) is 0 Å². The van der Waals surface area contributed by atoms with Crippen molar-refractivity contribution in [2.45, 2.75) is 98.7 Å². The van der Waals surface area contributed by atoms with Gasteiger partial charge in [-0.1, -0.05) is 51.7 Å². The molecule has 0 radical (unpaired) electrons. The van der Waals surface area contributed by atoms with Gasteiger partial charge in [-0.3, -0.25) is 0 Å². The molecule has 0 N–H and O–H groups in total. The van der Waals surface area contributed by atoms with Crippen LogP contribution in [0.2, 0.25) is 0 Å². The van der Waals surface area contributed by atoms with E-state index in [1.807, 2.05) is 0 Å². The summed E-state index contributed by atoms with van der Waals surface area (Å²) in [6.07, 6.45) is 13.0. The van der Waals surface area contributed by atoms with Gasteiger partial charge in [0.05, 0.1) is 11.2 Å². The highest BCUT2D eigenvalue weighted by Gasteiger charge is 2.32. The summed E-state index contributed by atoms with van der Waals surface area (Å²) in [5, 5.41) is 0. The second-order valence-electron chi connectivity index (χ2n) is 11.5. The van der Waals surface area contributed by atoms with Crippen molar-refractivity contribution in [2.75, 3.05) is 27.4 Å². The highest BCUT2D eigenvalue weighted by atomic mass is 16.5. The number of methoxy groups -OCH3 is 2. The minimum atomic E-state index is -0.491. The predicted molar refractivity (Wildman–Crippen MR) is 150 cm³/mol. The number of rotatable bonds is 15. The van der Waals surface area contributed by atoms with E-state index in [2.05, 4.69) is 85.8 Å². The summed E-state index contributed by atoms with van der Waals surface area (Å²) in [6.45, 7) is 18.3. The summed E-state index contributed by atoms with van der Waals surface area (Å²) in [7, 11) is 3.47. The van der Waals surface area contributed by atoms with E-state index in [1.165, 1.54) is 25.7 Å². The molecule has 0 saturated heterocycles. The normalized spacial score (nSPS) is 18.1. The van der Waals surface area contributed by atoms with Crippen LogP contribution in [0, 0.1) is 24.7 Å². The van der Waals surface area contributed by atoms with Crippen molar-refractivity contribution in [2.24, 2.45) is 17.8 Å². The highest BCUT2D eigenvalue weighted by molar-refractivity contribution is 5.49. The molecule has 0 heterocycles. The third-order valence-corrected chi connectivity index (χ3v) is 7.92. The Hall–Kier alpha value is -1.78. The topological polar surface area (TPSA) is 36.9 Å². The number of hydrogen-bond acceptors (Lipinski definition) is 4. The third-order valence-electron chi connectivity index (χ3n) is 7.92. The number of ether oxygens (including phenoxy) is 4. The molecular weight excluding hydrogens is 448 g/mol. The zero-order chi connectivity index (χ0) is 26.9. The first-order chi connectivity index (χ1) is 17.0. The van der Waals surface area contributed by atoms with E-state index in [-0.39, 0.29) is 0 Å². The van der Waals surface area contributed by atoms with Gasteiger partial charge in [-0.05, 0) is 89.5 Å². The van der Waals surface area contributed by atoms with Crippen molar-refractivity contribution in [3.8, 4) is 5.75 Å². The Morgan fingerprint density at radius 3 is 2.00 bits per heavy atom. The second kappa shape index (κ2) is 13.7. The summed E-state index contributed by atoms with van der Waals surface area (Å²) in [6, 6.07) is 4.29. The first-order valence-electron chi connectivity index (χ1n) is 13.9. The molecule has 0 saturated carbocycles. The maximum absolute atomic E-state index is 6.40. The van der Waals surface area contributed by atoms with Gasteiger partial charge in [0.2, 0.25) is 0 Å². The second-order valence-corrected chi connectivity index (χ2v) is 11.5. The molecule has 2 rings (SSSR count). The molecule has 4 heteroatoms. The van der Waals surface area contributed by atoms with Crippen LogP contribution >= 0.6 is 0 Å². The molecule has 0 aromatic heterocycles. The fourth-order valence-electron chi connectivity index (χ4n) is 4.98. The molecule has 1 aromatic rings. The predicted octanol–water partition coefficient (Wildman–Crippen LogP) is 8.47. The van der Waals surface area contributed by atoms with E-state index in [4.69, 9.17) is 18.9 Å². The molecule has 4 nitrogen and oxygen atoms in total. The summed E-state index contributed by atoms with van der Waals surface area (Å²) in [5.41, 5.74) is 2.21. The van der Waals surface area contributed by atoms with Gasteiger partial charge in [0.25, 0.3) is 0 Å². The van der Waals surface area contributed by atoms with Gasteiger partial charge in [-0.25, -0.2) is 0 Å². The van der Waals surface area contributed by atoms with Crippen LogP contribution in [0.3, 0.4) is 0 Å². The largest absolute Gasteiger partial charge is 0.490 e. The molecule has 3 atom stereocenters. The van der Waals surface area contributed by atoms with E-state index < -0.39 is 11.2 Å². The van der Waals surface area contributed by atoms with Gasteiger partial charge >= 0.3 is 0 Å². The lowest BCUT2D eigenvalue weighted by atomic mass is 9.78. The van der Waals surface area contributed by atoms with Gasteiger partial charge in [-0.15, -0.1) is 0 Å². The van der Waals surface area contributed by atoms with Crippen molar-refractivity contribution in [1.82, 2.24) is 0 Å². The van der Waals surface area contributed by atoms with Gasteiger partial charge in [0.1, 0.15) is 24.7 Å². The van der Waals surface area contributed by atoms with Gasteiger partial charge < -0.3 is 18.9 Å². The Morgan fingerprint density at radius 1 is 0.944 bits per heavy atom. The molecule has 1 aromatic carbocycles. The van der Waals surface area contributed by atoms with Crippen LogP contribution in [0.5, 0.6) is 5.75 Å². The van der Waals surface area contributed by atoms with Crippen molar-refractivity contribution in [3.63, 3.8) is 0 Å². The average Bonchev–Trinajstić information content (AvgIpc) is 2.86. The van der Waals surface area contributed by atoms with Crippen LogP contribution in [0.25, 0.3) is 0 Å². The SMILES string of the molecule is CCCC(CC(C)CC)C1C=CC(OCCOc2c(C(C)(C)OC)cc(C)cc2C(C)(C)OC)=CC1. The third kappa shape index (κ3) is 8.11. The maximum Gasteiger partial charge on any atom is 0.131 e. The lowest BCUT2D eigenvalue weighted by Gasteiger charge is -2.32. The quantitative estimate of drug-likeness (QED) is 0.226. The van der Waals surface area contributed by atoms with Crippen molar-refractivity contribution in [1.29, 1.82) is 0 Å². The van der Waals surface area contributed by atoms with Crippen LogP contribution in [0.1, 0.15) is 97.3 Å². The first kappa shape index (κ1) is 30.4. The summed E-state index contributed by atoms with van der Waals surface area (Å²) < 4.78 is 24.2. The fraction of sp³-hybridized carbons (Fsp3) is 0.688. The minimum absolute atomic E-state index is 0.448. The molecule has 0 fully saturated rings. The monoisotopic (exact) mass is 500 g/mol. The number of allylic oxidation sites excluding steroid dienone is 3. The molecule has 1 aliphatic carbocycles. The average molecular weight is 501 g/mol. The van der Waals surface area contributed by atoms with E-state index in [0.717, 1.165) is 46.5 Å². The maximum atomic E-state index is 6.40. The molecule has 3 unspecified atom stereocenters. The zero-order valence-corrected chi connectivity index (χ0v) is 24.7. The molecule has 0 amide bonds. The van der Waals surface area contributed by atoms with Gasteiger partial charge in [-0.2, -0.15) is 0 Å². The number of aryl methyl sites for hydroxylation is 1. The van der Waals surface area contributed by atoms with E-state index in [1.54, 1.807) is 14.2 Å². The Kier molecular flexibility index (Phi) is 11.6. The molecule has 0 bridgehead atoms. The molecule has 204 valence electrons. The van der Waals surface area contributed by atoms with Gasteiger partial charge in [0.15, 0.2) is 0 Å². The van der Waals surface area contributed by atoms with Crippen LogP contribution in [0.15, 0.2) is 36.1 Å². The molecular formula is C32H52O4. The lowest BCUT2D eigenvalue weighted by molar-refractivity contribution is 0.00786. The van der Waals surface area contributed by atoms with Crippen LogP contribution in [-0.2, 0) is 25.4 Å². The minimum Gasteiger partial charge on any atom is -0.490 e. The smallest absolute Gasteiger partial charge is 0.131 e.